The molecule has 0 aliphatic carbocycles. The molecule has 2 heterocycles. The van der Waals surface area contributed by atoms with Crippen molar-refractivity contribution in [2.75, 3.05) is 0 Å². The molecule has 8 heteroatoms. The summed E-state index contributed by atoms with van der Waals surface area (Å²) >= 11 is 1.27. The largest absolute Gasteiger partial charge is 0.481 e. The highest BCUT2D eigenvalue weighted by Gasteiger charge is 2.64. The molecule has 1 aromatic rings. The van der Waals surface area contributed by atoms with Crippen LogP contribution < -0.4 is 10.1 Å². The van der Waals surface area contributed by atoms with E-state index in [2.05, 4.69) is 5.32 Å². The summed E-state index contributed by atoms with van der Waals surface area (Å²) in [5.41, 5.74) is 0. The fourth-order valence-corrected chi connectivity index (χ4v) is 4.57. The fraction of sp³-hybridized carbons (Fsp3) is 0.471. The maximum atomic E-state index is 12.5. The topological polar surface area (TPSA) is 95.9 Å². The van der Waals surface area contributed by atoms with Crippen LogP contribution in [-0.4, -0.2) is 56.1 Å². The van der Waals surface area contributed by atoms with E-state index < -0.39 is 82.1 Å². The van der Waals surface area contributed by atoms with Crippen LogP contribution in [0, 0.1) is 0 Å². The molecule has 0 bridgehead atoms. The first-order valence-corrected chi connectivity index (χ1v) is 8.44. The number of nitrogens with one attached hydrogen (secondary N) is 1. The Kier molecular flexibility index (Phi) is 3.05. The van der Waals surface area contributed by atoms with Gasteiger partial charge >= 0.3 is 5.97 Å². The first-order valence-electron chi connectivity index (χ1n) is 10.1. The van der Waals surface area contributed by atoms with Crippen molar-refractivity contribution in [3.05, 3.63) is 30.2 Å². The quantitative estimate of drug-likeness (QED) is 0.754. The van der Waals surface area contributed by atoms with E-state index in [4.69, 9.17) is 11.6 Å². The molecule has 2 fully saturated rings. The van der Waals surface area contributed by atoms with Crippen LogP contribution in [0.5, 0.6) is 5.75 Å². The lowest BCUT2D eigenvalue weighted by Gasteiger charge is -2.43. The van der Waals surface area contributed by atoms with Crippen LogP contribution in [0.3, 0.4) is 0 Å². The molecule has 3 rings (SSSR count). The molecule has 4 atom stereocenters. The van der Waals surface area contributed by atoms with E-state index in [0.717, 1.165) is 0 Å². The fourth-order valence-electron chi connectivity index (χ4n) is 2.94. The maximum Gasteiger partial charge on any atom is 0.327 e. The van der Waals surface area contributed by atoms with Crippen LogP contribution in [0.15, 0.2) is 30.2 Å². The van der Waals surface area contributed by atoms with Crippen LogP contribution in [-0.2, 0) is 14.4 Å². The molecule has 0 spiro atoms. The number of benzene rings is 1. The number of para-hydroxylation sites is 1. The zero-order chi connectivity index (χ0) is 22.7. The second-order valence-electron chi connectivity index (χ2n) is 6.30. The minimum atomic E-state index is -1.26. The summed E-state index contributed by atoms with van der Waals surface area (Å²) in [6.07, 6.45) is -1.26. The minimum Gasteiger partial charge on any atom is -0.481 e. The second kappa shape index (κ2) is 6.25. The van der Waals surface area contributed by atoms with Crippen LogP contribution in [0.4, 0.5) is 0 Å². The Hall–Kier alpha value is -2.22. The molecule has 2 N–H and O–H groups in total. The SMILES string of the molecule is [2H]c1c([2H])c([2H])c(OC(C)C(=O)N[C@@H]2C(=O)N3C2SC(C)(C)[C@@H]3C(=O)O)c([2H])c1[2H]. The summed E-state index contributed by atoms with van der Waals surface area (Å²) in [5.74, 6) is -2.83. The number of aliphatic carboxylic acids is 1. The Morgan fingerprint density at radius 1 is 1.40 bits per heavy atom. The maximum absolute atomic E-state index is 12.5. The number of carbonyl (C=O) groups is 3. The molecule has 2 aliphatic heterocycles. The van der Waals surface area contributed by atoms with Crippen molar-refractivity contribution in [1.29, 1.82) is 0 Å². The number of carbonyl (C=O) groups excluding carboxylic acids is 2. The molecule has 0 radical (unpaired) electrons. The van der Waals surface area contributed by atoms with Gasteiger partial charge in [-0.15, -0.1) is 11.8 Å². The van der Waals surface area contributed by atoms with Crippen molar-refractivity contribution in [3.63, 3.8) is 0 Å². The van der Waals surface area contributed by atoms with Gasteiger partial charge in [0.15, 0.2) is 6.10 Å². The van der Waals surface area contributed by atoms with Crippen molar-refractivity contribution >= 4 is 29.5 Å². The van der Waals surface area contributed by atoms with E-state index >= 15 is 0 Å². The Labute approximate surface area is 156 Å². The van der Waals surface area contributed by atoms with Gasteiger partial charge in [-0.05, 0) is 32.9 Å². The number of amides is 2. The monoisotopic (exact) mass is 369 g/mol. The third kappa shape index (κ3) is 3.06. The highest BCUT2D eigenvalue weighted by atomic mass is 32.2. The number of ether oxygens (including phenoxy) is 1. The molecule has 1 aromatic carbocycles. The van der Waals surface area contributed by atoms with Crippen molar-refractivity contribution in [3.8, 4) is 5.75 Å². The molecule has 2 saturated heterocycles. The van der Waals surface area contributed by atoms with E-state index in [1.54, 1.807) is 13.8 Å². The Morgan fingerprint density at radius 2 is 2.04 bits per heavy atom. The number of thioether (sulfide) groups is 1. The standard InChI is InChI=1S/C17H20N2O5S/c1-9(24-10-7-5-4-6-8-10)13(20)18-11-14(21)19-12(16(22)23)17(2,3)25-15(11)19/h4-9,11-12,15H,1-3H3,(H,18,20)(H,22,23)/t9?,11-,12+,15?/m1/s1/i4D,5D,6D,7D,8D. The molecule has 7 nitrogen and oxygen atoms in total. The first-order chi connectivity index (χ1) is 13.8. The number of fused-ring (bicyclic) bond motifs is 1. The molecular formula is C17H20N2O5S. The average Bonchev–Trinajstić information content (AvgIpc) is 2.93. The molecule has 25 heavy (non-hydrogen) atoms. The molecule has 0 aromatic heterocycles. The lowest BCUT2D eigenvalue weighted by molar-refractivity contribution is -0.161. The predicted octanol–water partition coefficient (Wildman–Crippen LogP) is 1.09. The highest BCUT2D eigenvalue weighted by molar-refractivity contribution is 8.01. The number of nitrogens with zero attached hydrogens (tertiary/aromatic N) is 1. The Bertz CT molecular complexity index is 930. The summed E-state index contributed by atoms with van der Waals surface area (Å²) < 4.78 is 43.2. The van der Waals surface area contributed by atoms with Crippen LogP contribution in [0.25, 0.3) is 0 Å². The van der Waals surface area contributed by atoms with Gasteiger partial charge in [0.1, 0.15) is 23.2 Å². The summed E-state index contributed by atoms with van der Waals surface area (Å²) in [5, 5.41) is 11.4. The summed E-state index contributed by atoms with van der Waals surface area (Å²) in [4.78, 5) is 37.8. The summed E-state index contributed by atoms with van der Waals surface area (Å²) in [7, 11) is 0. The molecular weight excluding hydrogens is 344 g/mol. The number of carboxylic acid groups (broad SMARTS) is 1. The Balaban J connectivity index is 1.73. The van der Waals surface area contributed by atoms with E-state index in [9.17, 15) is 19.5 Å². The second-order valence-corrected chi connectivity index (χ2v) is 8.07. The third-order valence-electron chi connectivity index (χ3n) is 4.11. The molecule has 134 valence electrons. The lowest BCUT2D eigenvalue weighted by Crippen LogP contribution is -2.71. The van der Waals surface area contributed by atoms with Gasteiger partial charge in [-0.3, -0.25) is 9.59 Å². The zero-order valence-corrected chi connectivity index (χ0v) is 14.6. The van der Waals surface area contributed by atoms with Crippen LogP contribution in [0.1, 0.15) is 27.6 Å². The van der Waals surface area contributed by atoms with Crippen molar-refractivity contribution in [1.82, 2.24) is 10.2 Å². The van der Waals surface area contributed by atoms with Crippen molar-refractivity contribution in [2.45, 2.75) is 49.1 Å². The van der Waals surface area contributed by atoms with Gasteiger partial charge in [0.25, 0.3) is 5.91 Å². The predicted molar refractivity (Wildman–Crippen MR) is 92.2 cm³/mol. The molecule has 0 saturated carbocycles. The number of β-lactam (4-membered cyclic amide) rings is 1. The number of hydrogen-bond donors (Lipinski definition) is 2. The number of carboxylic acids is 1. The van der Waals surface area contributed by atoms with Gasteiger partial charge in [-0.1, -0.05) is 18.1 Å². The van der Waals surface area contributed by atoms with Crippen molar-refractivity contribution in [2.24, 2.45) is 0 Å². The van der Waals surface area contributed by atoms with Gasteiger partial charge in [-0.25, -0.2) is 4.79 Å². The van der Waals surface area contributed by atoms with Crippen LogP contribution in [0.2, 0.25) is 0 Å². The smallest absolute Gasteiger partial charge is 0.327 e. The molecule has 2 unspecified atom stereocenters. The van der Waals surface area contributed by atoms with E-state index in [0.29, 0.717) is 0 Å². The Morgan fingerprint density at radius 3 is 2.64 bits per heavy atom. The highest BCUT2D eigenvalue weighted by Crippen LogP contribution is 2.50. The first kappa shape index (κ1) is 12.2. The lowest BCUT2D eigenvalue weighted by atomic mass is 9.96. The summed E-state index contributed by atoms with van der Waals surface area (Å²) in [6.45, 7) is 4.75. The van der Waals surface area contributed by atoms with Gasteiger partial charge in [-0.2, -0.15) is 0 Å². The molecule has 2 amide bonds. The average molecular weight is 369 g/mol. The molecule has 2 aliphatic rings. The van der Waals surface area contributed by atoms with Gasteiger partial charge in [0, 0.05) is 4.75 Å². The normalized spacial score (nSPS) is 30.7. The minimum absolute atomic E-state index is 0.465. The van der Waals surface area contributed by atoms with Crippen LogP contribution >= 0.6 is 11.8 Å². The third-order valence-corrected chi connectivity index (χ3v) is 5.69. The van der Waals surface area contributed by atoms with Gasteiger partial charge < -0.3 is 20.1 Å². The van der Waals surface area contributed by atoms with Gasteiger partial charge in [0.05, 0.1) is 6.85 Å². The van der Waals surface area contributed by atoms with E-state index in [1.165, 1.54) is 23.6 Å². The van der Waals surface area contributed by atoms with Gasteiger partial charge in [0.2, 0.25) is 5.91 Å². The summed E-state index contributed by atoms with van der Waals surface area (Å²) in [6, 6.07) is -4.86. The number of hydrogen-bond acceptors (Lipinski definition) is 5. The zero-order valence-electron chi connectivity index (χ0n) is 18.7. The van der Waals surface area contributed by atoms with E-state index in [1.807, 2.05) is 0 Å². The van der Waals surface area contributed by atoms with E-state index in [-0.39, 0.29) is 0 Å². The van der Waals surface area contributed by atoms with Crippen molar-refractivity contribution < 1.29 is 31.1 Å². The number of rotatable bonds is 5.